The van der Waals surface area contributed by atoms with E-state index in [4.69, 9.17) is 5.73 Å². The highest BCUT2D eigenvalue weighted by molar-refractivity contribution is 7.19. The summed E-state index contributed by atoms with van der Waals surface area (Å²) in [5, 5.41) is 15.6. The lowest BCUT2D eigenvalue weighted by Gasteiger charge is -2.17. The smallest absolute Gasteiger partial charge is 0.263 e. The molecule has 5 N–H and O–H groups in total. The maximum atomic E-state index is 12.1. The van der Waals surface area contributed by atoms with Gasteiger partial charge in [0.25, 0.3) is 11.8 Å². The van der Waals surface area contributed by atoms with E-state index in [-0.39, 0.29) is 17.5 Å². The largest absolute Gasteiger partial charge is 0.397 e. The summed E-state index contributed by atoms with van der Waals surface area (Å²) >= 11 is 1.19. The molecule has 7 nitrogen and oxygen atoms in total. The highest BCUT2D eigenvalue weighted by atomic mass is 32.1. The average molecular weight is 312 g/mol. The van der Waals surface area contributed by atoms with Gasteiger partial charge in [-0.15, -0.1) is 11.3 Å². The summed E-state index contributed by atoms with van der Waals surface area (Å²) in [7, 11) is 1.52. The van der Waals surface area contributed by atoms with Crippen molar-refractivity contribution in [1.82, 2.24) is 10.6 Å². The van der Waals surface area contributed by atoms with Crippen LogP contribution >= 0.6 is 11.3 Å². The maximum absolute atomic E-state index is 12.1. The van der Waals surface area contributed by atoms with Crippen LogP contribution in [0.25, 0.3) is 0 Å². The number of rotatable bonds is 4. The molecule has 2 heterocycles. The second kappa shape index (κ2) is 6.31. The number of hydrogen-bond donors (Lipinski definition) is 4. The Kier molecular flexibility index (Phi) is 4.69. The van der Waals surface area contributed by atoms with E-state index in [1.807, 2.05) is 11.8 Å². The predicted molar refractivity (Wildman–Crippen MR) is 83.0 cm³/mol. The monoisotopic (exact) mass is 312 g/mol. The first-order valence-electron chi connectivity index (χ1n) is 6.85. The Morgan fingerprint density at radius 1 is 1.48 bits per heavy atom. The van der Waals surface area contributed by atoms with Crippen molar-refractivity contribution in [2.45, 2.75) is 19.4 Å². The van der Waals surface area contributed by atoms with Crippen LogP contribution in [-0.2, 0) is 0 Å². The number of nitrogens with one attached hydrogen (secondary N) is 2. The van der Waals surface area contributed by atoms with Gasteiger partial charge in [0.2, 0.25) is 0 Å². The number of nitrogens with zero attached hydrogens (tertiary/aromatic N) is 1. The number of aliphatic hydroxyl groups is 1. The number of nitrogens with two attached hydrogens (primary N) is 1. The van der Waals surface area contributed by atoms with Gasteiger partial charge in [-0.05, 0) is 13.3 Å². The number of anilines is 2. The molecule has 0 bridgehead atoms. The van der Waals surface area contributed by atoms with Crippen molar-refractivity contribution in [3.05, 3.63) is 10.4 Å². The highest BCUT2D eigenvalue weighted by Gasteiger charge is 2.31. The molecule has 1 unspecified atom stereocenters. The number of thiophene rings is 1. The van der Waals surface area contributed by atoms with Gasteiger partial charge in [-0.3, -0.25) is 9.59 Å². The number of β-amino-alcohol motifs (C(OH)–C–C–N with tert-alkyl or cyclic N) is 1. The fourth-order valence-corrected chi connectivity index (χ4v) is 3.50. The zero-order chi connectivity index (χ0) is 15.6. The molecule has 1 atom stereocenters. The molecule has 1 aliphatic heterocycles. The van der Waals surface area contributed by atoms with E-state index >= 15 is 0 Å². The molecule has 1 fully saturated rings. The van der Waals surface area contributed by atoms with E-state index in [1.54, 1.807) is 0 Å². The van der Waals surface area contributed by atoms with Gasteiger partial charge in [0.05, 0.1) is 17.4 Å². The van der Waals surface area contributed by atoms with Crippen molar-refractivity contribution >= 4 is 33.8 Å². The summed E-state index contributed by atoms with van der Waals surface area (Å²) in [4.78, 5) is 26.4. The average Bonchev–Trinajstić information content (AvgIpc) is 3.02. The lowest BCUT2D eigenvalue weighted by Crippen LogP contribution is -2.26. The predicted octanol–water partition coefficient (Wildman–Crippen LogP) is 0.0106. The summed E-state index contributed by atoms with van der Waals surface area (Å²) in [5.41, 5.74) is 6.53. The zero-order valence-electron chi connectivity index (χ0n) is 12.1. The van der Waals surface area contributed by atoms with Crippen molar-refractivity contribution in [2.75, 3.05) is 37.3 Å². The van der Waals surface area contributed by atoms with Gasteiger partial charge in [0, 0.05) is 26.7 Å². The summed E-state index contributed by atoms with van der Waals surface area (Å²) in [6.07, 6.45) is 0.223. The Labute approximate surface area is 127 Å². The SMILES string of the molecule is CCNC(=O)c1sc(N2CCC(O)C2)c(C(=O)NC)c1N. The lowest BCUT2D eigenvalue weighted by molar-refractivity contribution is 0.0959. The number of amides is 2. The first-order chi connectivity index (χ1) is 9.99. The van der Waals surface area contributed by atoms with Crippen LogP contribution in [0.1, 0.15) is 33.4 Å². The fraction of sp³-hybridized carbons (Fsp3) is 0.538. The number of hydrogen-bond acceptors (Lipinski definition) is 6. The van der Waals surface area contributed by atoms with Crippen LogP contribution in [0.3, 0.4) is 0 Å². The molecule has 1 aliphatic rings. The molecule has 0 aliphatic carbocycles. The molecule has 0 saturated carbocycles. The number of carbonyl (C=O) groups excluding carboxylic acids is 2. The summed E-state index contributed by atoms with van der Waals surface area (Å²) in [5.74, 6) is -0.605. The van der Waals surface area contributed by atoms with Crippen LogP contribution in [0.4, 0.5) is 10.7 Å². The van der Waals surface area contributed by atoms with E-state index in [0.29, 0.717) is 41.5 Å². The molecule has 2 rings (SSSR count). The molecule has 1 aromatic heterocycles. The second-order valence-electron chi connectivity index (χ2n) is 4.85. The normalized spacial score (nSPS) is 17.9. The Morgan fingerprint density at radius 3 is 2.71 bits per heavy atom. The topological polar surface area (TPSA) is 108 Å². The quantitative estimate of drug-likeness (QED) is 0.626. The first-order valence-corrected chi connectivity index (χ1v) is 7.66. The molecule has 2 amide bonds. The van der Waals surface area contributed by atoms with Gasteiger partial charge in [-0.2, -0.15) is 0 Å². The number of carbonyl (C=O) groups is 2. The molecule has 116 valence electrons. The second-order valence-corrected chi connectivity index (χ2v) is 5.85. The van der Waals surface area contributed by atoms with Crippen LogP contribution in [0.5, 0.6) is 0 Å². The minimum absolute atomic E-state index is 0.196. The maximum Gasteiger partial charge on any atom is 0.263 e. The Balaban J connectivity index is 2.44. The fourth-order valence-electron chi connectivity index (χ4n) is 2.33. The number of aliphatic hydroxyl groups excluding tert-OH is 1. The van der Waals surface area contributed by atoms with Crippen molar-refractivity contribution in [3.63, 3.8) is 0 Å². The molecule has 1 saturated heterocycles. The van der Waals surface area contributed by atoms with E-state index in [0.717, 1.165) is 0 Å². The van der Waals surface area contributed by atoms with Gasteiger partial charge < -0.3 is 26.4 Å². The Hall–Kier alpha value is -1.80. The van der Waals surface area contributed by atoms with Gasteiger partial charge >= 0.3 is 0 Å². The first kappa shape index (κ1) is 15.6. The van der Waals surface area contributed by atoms with E-state index in [9.17, 15) is 14.7 Å². The van der Waals surface area contributed by atoms with Crippen LogP contribution in [-0.4, -0.2) is 49.7 Å². The van der Waals surface area contributed by atoms with E-state index < -0.39 is 6.10 Å². The van der Waals surface area contributed by atoms with E-state index in [2.05, 4.69) is 10.6 Å². The van der Waals surface area contributed by atoms with Crippen molar-refractivity contribution in [2.24, 2.45) is 0 Å². The third kappa shape index (κ3) is 2.96. The minimum Gasteiger partial charge on any atom is -0.397 e. The van der Waals surface area contributed by atoms with Crippen molar-refractivity contribution in [1.29, 1.82) is 0 Å². The number of nitrogen functional groups attached to an aromatic ring is 1. The van der Waals surface area contributed by atoms with Gasteiger partial charge in [0.1, 0.15) is 9.88 Å². The summed E-state index contributed by atoms with van der Waals surface area (Å²) < 4.78 is 0. The molecule has 8 heteroatoms. The Bertz CT molecular complexity index is 558. The zero-order valence-corrected chi connectivity index (χ0v) is 12.9. The highest BCUT2D eigenvalue weighted by Crippen LogP contribution is 2.39. The molecule has 0 spiro atoms. The molecule has 1 aromatic rings. The molecular weight excluding hydrogens is 292 g/mol. The summed E-state index contributed by atoms with van der Waals surface area (Å²) in [6, 6.07) is 0. The summed E-state index contributed by atoms with van der Waals surface area (Å²) in [6.45, 7) is 3.39. The Morgan fingerprint density at radius 2 is 2.19 bits per heavy atom. The standard InChI is InChI=1S/C13H20N4O3S/c1-3-16-12(20)10-9(14)8(11(19)15-2)13(21-10)17-5-4-7(18)6-17/h7,18H,3-6,14H2,1-2H3,(H,15,19)(H,16,20). The van der Waals surface area contributed by atoms with Crippen LogP contribution < -0.4 is 21.3 Å². The minimum atomic E-state index is -0.418. The van der Waals surface area contributed by atoms with Crippen LogP contribution in [0, 0.1) is 0 Å². The third-order valence-electron chi connectivity index (χ3n) is 3.37. The molecule has 0 aromatic carbocycles. The van der Waals surface area contributed by atoms with Crippen molar-refractivity contribution in [3.8, 4) is 0 Å². The molecular formula is C13H20N4O3S. The third-order valence-corrected chi connectivity index (χ3v) is 4.64. The molecule has 0 radical (unpaired) electrons. The van der Waals surface area contributed by atoms with Crippen LogP contribution in [0.15, 0.2) is 0 Å². The van der Waals surface area contributed by atoms with Gasteiger partial charge in [0.15, 0.2) is 0 Å². The van der Waals surface area contributed by atoms with Crippen LogP contribution in [0.2, 0.25) is 0 Å². The van der Waals surface area contributed by atoms with E-state index in [1.165, 1.54) is 18.4 Å². The molecule has 21 heavy (non-hydrogen) atoms. The van der Waals surface area contributed by atoms with Gasteiger partial charge in [-0.25, -0.2) is 0 Å². The van der Waals surface area contributed by atoms with Crippen molar-refractivity contribution < 1.29 is 14.7 Å². The van der Waals surface area contributed by atoms with Gasteiger partial charge in [-0.1, -0.05) is 0 Å². The lowest BCUT2D eigenvalue weighted by atomic mass is 10.2.